The quantitative estimate of drug-likeness (QED) is 0.364. The van der Waals surface area contributed by atoms with Crippen LogP contribution in [0.25, 0.3) is 0 Å². The number of carbonyl (C=O) groups is 5. The van der Waals surface area contributed by atoms with Gasteiger partial charge in [0.2, 0.25) is 21.8 Å². The molecule has 3 saturated carbocycles. The maximum Gasteiger partial charge on any atom is 0.410 e. The number of benzene rings is 1. The fraction of sp³-hybridized carbons (Fsp3) is 0.639. The highest BCUT2D eigenvalue weighted by molar-refractivity contribution is 7.91. The summed E-state index contributed by atoms with van der Waals surface area (Å²) in [6, 6.07) is 3.23. The topological polar surface area (TPSA) is 181 Å². The van der Waals surface area contributed by atoms with Crippen LogP contribution in [0.2, 0.25) is 5.02 Å². The number of fused-ring (bicyclic) bond motifs is 3. The average molecular weight is 760 g/mol. The highest BCUT2D eigenvalue weighted by atomic mass is 35.5. The molecule has 3 heterocycles. The highest BCUT2D eigenvalue weighted by Gasteiger charge is 2.62. The Morgan fingerprint density at radius 2 is 1.67 bits per heavy atom. The SMILES string of the molecule is O=C(N[C@H]1CCCCCC=C[C@@H]2C[C@@]2(C(=O)NS(=O)(=O)C2CC2)NC(=O)[C@@H]2C[C@@H](OC(=O)N3Cc4ccc(Cl)cc4C3)CN2C1=O)OC1CCCC1. The molecule has 16 heteroatoms. The predicted octanol–water partition coefficient (Wildman–Crippen LogP) is 3.80. The minimum atomic E-state index is -3.90. The van der Waals surface area contributed by atoms with E-state index in [0.29, 0.717) is 50.2 Å². The smallest absolute Gasteiger partial charge is 0.410 e. The number of sulfonamides is 1. The van der Waals surface area contributed by atoms with Crippen LogP contribution in [-0.2, 0) is 47.0 Å². The molecule has 14 nitrogen and oxygen atoms in total. The number of ether oxygens (including phenoxy) is 2. The second kappa shape index (κ2) is 14.9. The summed E-state index contributed by atoms with van der Waals surface area (Å²) >= 11 is 6.16. The number of hydrogen-bond acceptors (Lipinski definition) is 9. The Morgan fingerprint density at radius 1 is 0.923 bits per heavy atom. The number of nitrogens with zero attached hydrogens (tertiary/aromatic N) is 2. The lowest BCUT2D eigenvalue weighted by Gasteiger charge is -2.30. The van der Waals surface area contributed by atoms with Gasteiger partial charge in [-0.3, -0.25) is 24.0 Å². The van der Waals surface area contributed by atoms with Crippen molar-refractivity contribution < 1.29 is 41.9 Å². The molecule has 5 atom stereocenters. The summed E-state index contributed by atoms with van der Waals surface area (Å²) < 4.78 is 39.3. The lowest BCUT2D eigenvalue weighted by Crippen LogP contribution is -2.58. The Bertz CT molecular complexity index is 1750. The van der Waals surface area contributed by atoms with Crippen molar-refractivity contribution in [1.82, 2.24) is 25.2 Å². The fourth-order valence-electron chi connectivity index (χ4n) is 7.89. The minimum absolute atomic E-state index is 0.0618. The molecule has 3 N–H and O–H groups in total. The number of amides is 5. The molecule has 282 valence electrons. The van der Waals surface area contributed by atoms with Crippen LogP contribution >= 0.6 is 11.6 Å². The number of carbonyl (C=O) groups excluding carboxylic acids is 5. The zero-order valence-electron chi connectivity index (χ0n) is 29.0. The largest absolute Gasteiger partial charge is 0.446 e. The number of hydrogen-bond donors (Lipinski definition) is 3. The maximum atomic E-state index is 14.4. The van der Waals surface area contributed by atoms with Crippen molar-refractivity contribution in [3.05, 3.63) is 46.5 Å². The standard InChI is InChI=1S/C36H46ClN5O9S/c37-25-13-12-22-19-41(20-23(22)16-25)35(47)51-27-17-30-31(43)39-36(33(45)40-52(48,49)28-14-15-28)18-24(36)8-4-2-1-3-5-11-29(32(44)42(30)21-27)38-34(46)50-26-9-6-7-10-26/h4,8,12-13,16,24,26-30H,1-3,5-7,9-11,14-15,17-21H2,(H,38,46)(H,39,43)(H,40,45)/t24-,27-,29+,30+,36-/m1/s1. The summed E-state index contributed by atoms with van der Waals surface area (Å²) in [6.45, 7) is 0.485. The second-order valence-corrected chi connectivity index (χ2v) is 17.4. The van der Waals surface area contributed by atoms with Gasteiger partial charge < -0.3 is 25.0 Å². The number of alkyl carbamates (subject to hydrolysis) is 1. The molecule has 3 aliphatic carbocycles. The monoisotopic (exact) mass is 759 g/mol. The molecule has 6 aliphatic rings. The third kappa shape index (κ3) is 8.04. The molecular formula is C36H46ClN5O9S. The predicted molar refractivity (Wildman–Crippen MR) is 188 cm³/mol. The highest BCUT2D eigenvalue weighted by Crippen LogP contribution is 2.46. The third-order valence-corrected chi connectivity index (χ3v) is 13.2. The first-order valence-corrected chi connectivity index (χ1v) is 20.4. The lowest BCUT2D eigenvalue weighted by atomic mass is 10.0. The molecule has 0 unspecified atom stereocenters. The molecule has 0 spiro atoms. The fourth-order valence-corrected chi connectivity index (χ4v) is 9.45. The Morgan fingerprint density at radius 3 is 2.44 bits per heavy atom. The molecule has 7 rings (SSSR count). The number of nitrogens with one attached hydrogen (secondary N) is 3. The van der Waals surface area contributed by atoms with Gasteiger partial charge in [0, 0.05) is 30.5 Å². The third-order valence-electron chi connectivity index (χ3n) is 11.1. The molecule has 0 aromatic heterocycles. The van der Waals surface area contributed by atoms with Crippen molar-refractivity contribution in [2.75, 3.05) is 6.54 Å². The summed E-state index contributed by atoms with van der Waals surface area (Å²) in [5.41, 5.74) is 0.315. The van der Waals surface area contributed by atoms with Gasteiger partial charge in [-0.25, -0.2) is 18.0 Å². The Hall–Kier alpha value is -3.85. The van der Waals surface area contributed by atoms with Crippen molar-refractivity contribution in [1.29, 1.82) is 0 Å². The van der Waals surface area contributed by atoms with E-state index in [1.165, 1.54) is 9.80 Å². The molecule has 3 aliphatic heterocycles. The van der Waals surface area contributed by atoms with Crippen LogP contribution in [0.4, 0.5) is 9.59 Å². The zero-order valence-corrected chi connectivity index (χ0v) is 30.6. The number of allylic oxidation sites excluding steroid dienone is 1. The molecular weight excluding hydrogens is 714 g/mol. The van der Waals surface area contributed by atoms with E-state index < -0.39 is 74.8 Å². The first kappa shape index (κ1) is 36.5. The molecule has 4 fully saturated rings. The van der Waals surface area contributed by atoms with E-state index in [1.807, 2.05) is 18.2 Å². The second-order valence-electron chi connectivity index (χ2n) is 15.0. The first-order chi connectivity index (χ1) is 24.9. The van der Waals surface area contributed by atoms with Crippen molar-refractivity contribution in [2.24, 2.45) is 5.92 Å². The molecule has 52 heavy (non-hydrogen) atoms. The summed E-state index contributed by atoms with van der Waals surface area (Å²) in [5, 5.41) is 5.50. The molecule has 0 bridgehead atoms. The van der Waals surface area contributed by atoms with E-state index in [9.17, 15) is 32.4 Å². The van der Waals surface area contributed by atoms with E-state index in [-0.39, 0.29) is 25.5 Å². The number of rotatable bonds is 6. The van der Waals surface area contributed by atoms with E-state index in [1.54, 1.807) is 12.1 Å². The van der Waals surface area contributed by atoms with Crippen molar-refractivity contribution in [2.45, 2.75) is 132 Å². The molecule has 1 saturated heterocycles. The Balaban J connectivity index is 1.12. The molecule has 5 amide bonds. The first-order valence-electron chi connectivity index (χ1n) is 18.5. The summed E-state index contributed by atoms with van der Waals surface area (Å²) in [5.74, 6) is -2.46. The van der Waals surface area contributed by atoms with E-state index in [0.717, 1.165) is 49.7 Å². The van der Waals surface area contributed by atoms with E-state index in [2.05, 4.69) is 15.4 Å². The van der Waals surface area contributed by atoms with Gasteiger partial charge in [-0.05, 0) is 87.5 Å². The maximum absolute atomic E-state index is 14.4. The summed E-state index contributed by atoms with van der Waals surface area (Å²) in [7, 11) is -3.90. The molecule has 0 radical (unpaired) electrons. The van der Waals surface area contributed by atoms with Crippen LogP contribution < -0.4 is 15.4 Å². The normalized spacial score (nSPS) is 29.6. The van der Waals surface area contributed by atoms with Gasteiger partial charge in [0.15, 0.2) is 0 Å². The van der Waals surface area contributed by atoms with Crippen molar-refractivity contribution in [3.8, 4) is 0 Å². The van der Waals surface area contributed by atoms with Crippen LogP contribution in [0.15, 0.2) is 30.4 Å². The number of halogens is 1. The van der Waals surface area contributed by atoms with Crippen molar-refractivity contribution in [3.63, 3.8) is 0 Å². The van der Waals surface area contributed by atoms with E-state index in [4.69, 9.17) is 21.1 Å². The Kier molecular flexibility index (Phi) is 10.4. The van der Waals surface area contributed by atoms with Crippen molar-refractivity contribution >= 4 is 51.5 Å². The van der Waals surface area contributed by atoms with Crippen LogP contribution in [0.1, 0.15) is 94.6 Å². The van der Waals surface area contributed by atoms with Crippen LogP contribution in [0.3, 0.4) is 0 Å². The van der Waals surface area contributed by atoms with Crippen LogP contribution in [0.5, 0.6) is 0 Å². The van der Waals surface area contributed by atoms with Gasteiger partial charge in [-0.2, -0.15) is 0 Å². The van der Waals surface area contributed by atoms with Crippen LogP contribution in [0, 0.1) is 5.92 Å². The molecule has 1 aromatic carbocycles. The summed E-state index contributed by atoms with van der Waals surface area (Å²) in [4.78, 5) is 71.5. The Labute approximate surface area is 308 Å². The zero-order chi connectivity index (χ0) is 36.6. The lowest BCUT2D eigenvalue weighted by molar-refractivity contribution is -0.141. The van der Waals surface area contributed by atoms with Gasteiger partial charge in [0.05, 0.1) is 11.8 Å². The van der Waals surface area contributed by atoms with Gasteiger partial charge in [0.1, 0.15) is 29.8 Å². The molecule has 1 aromatic rings. The van der Waals surface area contributed by atoms with Gasteiger partial charge >= 0.3 is 12.2 Å². The summed E-state index contributed by atoms with van der Waals surface area (Å²) in [6.07, 6.45) is 9.02. The van der Waals surface area contributed by atoms with Gasteiger partial charge in [-0.15, -0.1) is 0 Å². The van der Waals surface area contributed by atoms with E-state index >= 15 is 0 Å². The van der Waals surface area contributed by atoms with Gasteiger partial charge in [-0.1, -0.05) is 42.7 Å². The average Bonchev–Trinajstić information content (AvgIpc) is 3.89. The minimum Gasteiger partial charge on any atom is -0.446 e. The van der Waals surface area contributed by atoms with Crippen LogP contribution in [-0.4, -0.2) is 89.8 Å². The van der Waals surface area contributed by atoms with Gasteiger partial charge in [0.25, 0.3) is 5.91 Å².